The normalized spacial score (nSPS) is 10.1. The third-order valence-corrected chi connectivity index (χ3v) is 3.03. The van der Waals surface area contributed by atoms with E-state index in [1.807, 2.05) is 30.3 Å². The average Bonchev–Trinajstić information content (AvgIpc) is 2.54. The van der Waals surface area contributed by atoms with Crippen LogP contribution in [0.15, 0.2) is 42.7 Å². The zero-order valence-corrected chi connectivity index (χ0v) is 12.2. The van der Waals surface area contributed by atoms with Gasteiger partial charge in [0.1, 0.15) is 0 Å². The van der Waals surface area contributed by atoms with Crippen molar-refractivity contribution in [3.8, 4) is 0 Å². The van der Waals surface area contributed by atoms with E-state index in [4.69, 9.17) is 0 Å². The van der Waals surface area contributed by atoms with Crippen LogP contribution in [-0.4, -0.2) is 22.4 Å². The van der Waals surface area contributed by atoms with Crippen molar-refractivity contribution in [2.24, 2.45) is 0 Å². The molecule has 1 amide bonds. The quantitative estimate of drug-likeness (QED) is 0.767. The Labute approximate surface area is 124 Å². The number of nitrogens with one attached hydrogen (secondary N) is 2. The van der Waals surface area contributed by atoms with Gasteiger partial charge in [-0.15, -0.1) is 0 Å². The predicted molar refractivity (Wildman–Crippen MR) is 83.0 cm³/mol. The SMILES string of the molecule is CCCCNc1nccnc1C(=O)NCc1ccccc1. The van der Waals surface area contributed by atoms with Gasteiger partial charge in [-0.1, -0.05) is 43.7 Å². The second-order valence-corrected chi connectivity index (χ2v) is 4.70. The lowest BCUT2D eigenvalue weighted by atomic mass is 10.2. The van der Waals surface area contributed by atoms with Crippen molar-refractivity contribution in [2.75, 3.05) is 11.9 Å². The molecular formula is C16H20N4O. The number of anilines is 1. The first-order valence-corrected chi connectivity index (χ1v) is 7.18. The summed E-state index contributed by atoms with van der Waals surface area (Å²) in [5.41, 5.74) is 1.39. The van der Waals surface area contributed by atoms with E-state index < -0.39 is 0 Å². The fourth-order valence-electron chi connectivity index (χ4n) is 1.88. The van der Waals surface area contributed by atoms with Crippen LogP contribution in [0.2, 0.25) is 0 Å². The molecule has 0 spiro atoms. The Morgan fingerprint density at radius 2 is 1.90 bits per heavy atom. The summed E-state index contributed by atoms with van der Waals surface area (Å²) >= 11 is 0. The molecule has 2 aromatic rings. The van der Waals surface area contributed by atoms with Crippen LogP contribution in [0.1, 0.15) is 35.8 Å². The van der Waals surface area contributed by atoms with Gasteiger partial charge in [-0.25, -0.2) is 9.97 Å². The van der Waals surface area contributed by atoms with Crippen molar-refractivity contribution in [1.82, 2.24) is 15.3 Å². The van der Waals surface area contributed by atoms with E-state index in [2.05, 4.69) is 27.5 Å². The van der Waals surface area contributed by atoms with Crippen LogP contribution in [0, 0.1) is 0 Å². The lowest BCUT2D eigenvalue weighted by Crippen LogP contribution is -2.25. The summed E-state index contributed by atoms with van der Waals surface area (Å²) in [6, 6.07) is 9.78. The van der Waals surface area contributed by atoms with Crippen molar-refractivity contribution >= 4 is 11.7 Å². The number of carbonyl (C=O) groups excluding carboxylic acids is 1. The number of rotatable bonds is 7. The summed E-state index contributed by atoms with van der Waals surface area (Å²) in [6.45, 7) is 3.38. The van der Waals surface area contributed by atoms with Crippen LogP contribution in [0.25, 0.3) is 0 Å². The van der Waals surface area contributed by atoms with Gasteiger partial charge >= 0.3 is 0 Å². The first kappa shape index (κ1) is 15.0. The highest BCUT2D eigenvalue weighted by Crippen LogP contribution is 2.09. The molecular weight excluding hydrogens is 264 g/mol. The Bertz CT molecular complexity index is 571. The summed E-state index contributed by atoms with van der Waals surface area (Å²) in [6.07, 6.45) is 5.23. The average molecular weight is 284 g/mol. The van der Waals surface area contributed by atoms with Crippen LogP contribution < -0.4 is 10.6 Å². The molecule has 0 aliphatic heterocycles. The molecule has 5 nitrogen and oxygen atoms in total. The molecule has 1 heterocycles. The van der Waals surface area contributed by atoms with Crippen molar-refractivity contribution in [3.05, 3.63) is 54.0 Å². The highest BCUT2D eigenvalue weighted by molar-refractivity contribution is 5.96. The van der Waals surface area contributed by atoms with E-state index in [0.29, 0.717) is 18.1 Å². The second-order valence-electron chi connectivity index (χ2n) is 4.70. The van der Waals surface area contributed by atoms with E-state index in [1.165, 1.54) is 6.20 Å². The van der Waals surface area contributed by atoms with E-state index in [1.54, 1.807) is 6.20 Å². The van der Waals surface area contributed by atoms with Gasteiger partial charge in [0, 0.05) is 25.5 Å². The molecule has 0 radical (unpaired) electrons. The maximum absolute atomic E-state index is 12.2. The summed E-state index contributed by atoms with van der Waals surface area (Å²) in [7, 11) is 0. The monoisotopic (exact) mass is 284 g/mol. The number of carbonyl (C=O) groups is 1. The molecule has 0 saturated carbocycles. The van der Waals surface area contributed by atoms with Crippen molar-refractivity contribution in [2.45, 2.75) is 26.3 Å². The third kappa shape index (κ3) is 4.56. The van der Waals surface area contributed by atoms with E-state index in [9.17, 15) is 4.79 Å². The van der Waals surface area contributed by atoms with Crippen LogP contribution in [0.5, 0.6) is 0 Å². The van der Waals surface area contributed by atoms with Gasteiger partial charge in [0.05, 0.1) is 0 Å². The Kier molecular flexibility index (Phi) is 5.70. The fourth-order valence-corrected chi connectivity index (χ4v) is 1.88. The number of hydrogen-bond donors (Lipinski definition) is 2. The van der Waals surface area contributed by atoms with Crippen molar-refractivity contribution < 1.29 is 4.79 Å². The Hall–Kier alpha value is -2.43. The molecule has 0 bridgehead atoms. The number of aromatic nitrogens is 2. The smallest absolute Gasteiger partial charge is 0.273 e. The molecule has 0 saturated heterocycles. The lowest BCUT2D eigenvalue weighted by molar-refractivity contribution is 0.0946. The Morgan fingerprint density at radius 3 is 2.67 bits per heavy atom. The number of unbranched alkanes of at least 4 members (excludes halogenated alkanes) is 1. The number of hydrogen-bond acceptors (Lipinski definition) is 4. The molecule has 0 aliphatic rings. The molecule has 2 rings (SSSR count). The molecule has 0 fully saturated rings. The summed E-state index contributed by atoms with van der Waals surface area (Å²) in [5, 5.41) is 6.02. The largest absolute Gasteiger partial charge is 0.368 e. The van der Waals surface area contributed by atoms with Crippen LogP contribution in [0.4, 0.5) is 5.82 Å². The van der Waals surface area contributed by atoms with Crippen molar-refractivity contribution in [3.63, 3.8) is 0 Å². The standard InChI is InChI=1S/C16H20N4O/c1-2-3-9-18-15-14(17-10-11-19-15)16(21)20-12-13-7-5-4-6-8-13/h4-8,10-11H,2-3,9,12H2,1H3,(H,18,19)(H,20,21). The fraction of sp³-hybridized carbons (Fsp3) is 0.312. The van der Waals surface area contributed by atoms with Crippen LogP contribution in [-0.2, 0) is 6.54 Å². The highest BCUT2D eigenvalue weighted by Gasteiger charge is 2.13. The van der Waals surface area contributed by atoms with E-state index in [0.717, 1.165) is 24.9 Å². The lowest BCUT2D eigenvalue weighted by Gasteiger charge is -2.10. The minimum atomic E-state index is -0.217. The van der Waals surface area contributed by atoms with Gasteiger partial charge in [-0.2, -0.15) is 0 Å². The molecule has 1 aromatic heterocycles. The molecule has 1 aromatic carbocycles. The van der Waals surface area contributed by atoms with E-state index in [-0.39, 0.29) is 5.91 Å². The highest BCUT2D eigenvalue weighted by atomic mass is 16.1. The Morgan fingerprint density at radius 1 is 1.14 bits per heavy atom. The Balaban J connectivity index is 1.98. The number of benzene rings is 1. The second kappa shape index (κ2) is 7.99. The number of nitrogens with zero attached hydrogens (tertiary/aromatic N) is 2. The maximum Gasteiger partial charge on any atom is 0.273 e. The van der Waals surface area contributed by atoms with Gasteiger partial charge in [-0.3, -0.25) is 4.79 Å². The minimum Gasteiger partial charge on any atom is -0.368 e. The summed E-state index contributed by atoms with van der Waals surface area (Å²) < 4.78 is 0. The molecule has 2 N–H and O–H groups in total. The van der Waals surface area contributed by atoms with Gasteiger partial charge in [0.15, 0.2) is 11.5 Å². The molecule has 0 atom stereocenters. The molecule has 0 aliphatic carbocycles. The number of amides is 1. The van der Waals surface area contributed by atoms with Gasteiger partial charge in [0.25, 0.3) is 5.91 Å². The molecule has 5 heteroatoms. The first-order chi connectivity index (χ1) is 10.3. The van der Waals surface area contributed by atoms with Gasteiger partial charge in [0.2, 0.25) is 0 Å². The van der Waals surface area contributed by atoms with Crippen molar-refractivity contribution in [1.29, 1.82) is 0 Å². The van der Waals surface area contributed by atoms with Crippen LogP contribution in [0.3, 0.4) is 0 Å². The van der Waals surface area contributed by atoms with Gasteiger partial charge < -0.3 is 10.6 Å². The minimum absolute atomic E-state index is 0.217. The van der Waals surface area contributed by atoms with E-state index >= 15 is 0 Å². The predicted octanol–water partition coefficient (Wildman–Crippen LogP) is 2.62. The maximum atomic E-state index is 12.2. The van der Waals surface area contributed by atoms with Gasteiger partial charge in [-0.05, 0) is 12.0 Å². The molecule has 0 unspecified atom stereocenters. The van der Waals surface area contributed by atoms with Crippen LogP contribution >= 0.6 is 0 Å². The zero-order chi connectivity index (χ0) is 14.9. The summed E-state index contributed by atoms with van der Waals surface area (Å²) in [4.78, 5) is 20.5. The topological polar surface area (TPSA) is 66.9 Å². The molecule has 110 valence electrons. The third-order valence-electron chi connectivity index (χ3n) is 3.03. The first-order valence-electron chi connectivity index (χ1n) is 7.18. The molecule has 21 heavy (non-hydrogen) atoms. The zero-order valence-electron chi connectivity index (χ0n) is 12.2. The summed E-state index contributed by atoms with van der Waals surface area (Å²) in [5.74, 6) is 0.322.